The summed E-state index contributed by atoms with van der Waals surface area (Å²) >= 11 is 0. The van der Waals surface area contributed by atoms with Crippen molar-refractivity contribution in [3.8, 4) is 11.8 Å². The number of carbonyl (C=O) groups excluding carboxylic acids is 1. The number of hydrogen-bond acceptors (Lipinski definition) is 2. The van der Waals surface area contributed by atoms with Gasteiger partial charge >= 0.3 is 0 Å². The minimum Gasteiger partial charge on any atom is -0.377 e. The highest BCUT2D eigenvalue weighted by Crippen LogP contribution is 2.18. The maximum absolute atomic E-state index is 12.1. The Bertz CT molecular complexity index is 633. The van der Waals surface area contributed by atoms with Crippen LogP contribution in [0.1, 0.15) is 15.9 Å². The van der Waals surface area contributed by atoms with Crippen LogP contribution in [-0.4, -0.2) is 19.9 Å². The second-order valence-electron chi connectivity index (χ2n) is 4.36. The predicted molar refractivity (Wildman–Crippen MR) is 78.4 cm³/mol. The van der Waals surface area contributed by atoms with E-state index in [4.69, 9.17) is 0 Å². The van der Waals surface area contributed by atoms with Gasteiger partial charge in [-0.2, -0.15) is 0 Å². The van der Waals surface area contributed by atoms with Gasteiger partial charge in [-0.15, -0.1) is 0 Å². The fraction of sp³-hybridized carbons (Fsp3) is 0.118. The molecule has 0 aliphatic heterocycles. The molecule has 0 bridgehead atoms. The Morgan fingerprint density at radius 2 is 1.58 bits per heavy atom. The Kier molecular flexibility index (Phi) is 4.00. The van der Waals surface area contributed by atoms with Gasteiger partial charge in [0, 0.05) is 25.3 Å². The van der Waals surface area contributed by atoms with E-state index in [0.717, 1.165) is 11.3 Å². The molecule has 94 valence electrons. The quantitative estimate of drug-likeness (QED) is 0.602. The molecule has 0 unspecified atom stereocenters. The summed E-state index contributed by atoms with van der Waals surface area (Å²) in [6.07, 6.45) is 0. The lowest BCUT2D eigenvalue weighted by Crippen LogP contribution is -2.13. The first-order valence-corrected chi connectivity index (χ1v) is 6.06. The average Bonchev–Trinajstić information content (AvgIpc) is 2.46. The van der Waals surface area contributed by atoms with E-state index in [-0.39, 0.29) is 5.78 Å². The number of rotatable bonds is 2. The van der Waals surface area contributed by atoms with Crippen molar-refractivity contribution in [3.05, 3.63) is 65.7 Å². The van der Waals surface area contributed by atoms with Crippen molar-refractivity contribution in [1.29, 1.82) is 0 Å². The number of para-hydroxylation sites is 1. The molecule has 19 heavy (non-hydrogen) atoms. The maximum Gasteiger partial charge on any atom is 0.238 e. The number of Topliss-reactive ketones (excluding diaryl/α,β-unsaturated/α-hetero) is 1. The number of ketones is 1. The van der Waals surface area contributed by atoms with E-state index < -0.39 is 0 Å². The Hall–Kier alpha value is -2.53. The van der Waals surface area contributed by atoms with Crippen molar-refractivity contribution in [2.75, 3.05) is 19.0 Å². The van der Waals surface area contributed by atoms with Crippen LogP contribution in [-0.2, 0) is 0 Å². The summed E-state index contributed by atoms with van der Waals surface area (Å²) in [5.74, 6) is 5.43. The van der Waals surface area contributed by atoms with Gasteiger partial charge in [-0.3, -0.25) is 4.79 Å². The average molecular weight is 249 g/mol. The van der Waals surface area contributed by atoms with Crippen LogP contribution in [0.2, 0.25) is 0 Å². The van der Waals surface area contributed by atoms with Crippen molar-refractivity contribution in [2.45, 2.75) is 0 Å². The summed E-state index contributed by atoms with van der Waals surface area (Å²) in [5.41, 5.74) is 2.36. The normalized spacial score (nSPS) is 9.37. The maximum atomic E-state index is 12.1. The fourth-order valence-corrected chi connectivity index (χ4v) is 1.77. The molecule has 0 saturated heterocycles. The van der Waals surface area contributed by atoms with Crippen LogP contribution in [0.5, 0.6) is 0 Å². The van der Waals surface area contributed by atoms with Gasteiger partial charge in [0.2, 0.25) is 5.78 Å². The molecule has 0 amide bonds. The molecule has 0 atom stereocenters. The Morgan fingerprint density at radius 3 is 2.26 bits per heavy atom. The first-order valence-electron chi connectivity index (χ1n) is 6.06. The molecule has 2 nitrogen and oxygen atoms in total. The number of hydrogen-bond donors (Lipinski definition) is 0. The largest absolute Gasteiger partial charge is 0.377 e. The van der Waals surface area contributed by atoms with Gasteiger partial charge in [0.05, 0.1) is 5.56 Å². The summed E-state index contributed by atoms with van der Waals surface area (Å²) in [6.45, 7) is 0. The predicted octanol–water partition coefficient (Wildman–Crippen LogP) is 2.99. The van der Waals surface area contributed by atoms with Gasteiger partial charge in [-0.1, -0.05) is 36.3 Å². The topological polar surface area (TPSA) is 20.3 Å². The fourth-order valence-electron chi connectivity index (χ4n) is 1.77. The molecule has 0 aliphatic carbocycles. The van der Waals surface area contributed by atoms with Gasteiger partial charge in [0.1, 0.15) is 0 Å². The molecule has 0 fully saturated rings. The van der Waals surface area contributed by atoms with Gasteiger partial charge < -0.3 is 4.90 Å². The third-order valence-electron chi connectivity index (χ3n) is 2.72. The number of carbonyl (C=O) groups is 1. The summed E-state index contributed by atoms with van der Waals surface area (Å²) in [6, 6.07) is 17.0. The van der Waals surface area contributed by atoms with Crippen molar-refractivity contribution < 1.29 is 4.79 Å². The number of anilines is 1. The van der Waals surface area contributed by atoms with E-state index in [1.54, 1.807) is 6.07 Å². The van der Waals surface area contributed by atoms with Crippen LogP contribution in [0, 0.1) is 11.8 Å². The van der Waals surface area contributed by atoms with Crippen molar-refractivity contribution >= 4 is 11.5 Å². The summed E-state index contributed by atoms with van der Waals surface area (Å²) in [7, 11) is 3.83. The zero-order valence-corrected chi connectivity index (χ0v) is 11.1. The van der Waals surface area contributed by atoms with E-state index >= 15 is 0 Å². The monoisotopic (exact) mass is 249 g/mol. The van der Waals surface area contributed by atoms with Gasteiger partial charge in [-0.05, 0) is 30.2 Å². The van der Waals surface area contributed by atoms with Crippen molar-refractivity contribution in [2.24, 2.45) is 0 Å². The smallest absolute Gasteiger partial charge is 0.238 e. The third-order valence-corrected chi connectivity index (χ3v) is 2.72. The van der Waals surface area contributed by atoms with Crippen LogP contribution in [0.4, 0.5) is 5.69 Å². The van der Waals surface area contributed by atoms with E-state index in [1.165, 1.54) is 0 Å². The molecular formula is C17H15NO. The Balaban J connectivity index is 2.29. The molecule has 2 aromatic rings. The highest BCUT2D eigenvalue weighted by atomic mass is 16.1. The second-order valence-corrected chi connectivity index (χ2v) is 4.36. The molecule has 0 saturated carbocycles. The van der Waals surface area contributed by atoms with Crippen molar-refractivity contribution in [1.82, 2.24) is 0 Å². The van der Waals surface area contributed by atoms with E-state index in [2.05, 4.69) is 11.8 Å². The Morgan fingerprint density at radius 1 is 0.947 bits per heavy atom. The minimum atomic E-state index is -0.159. The summed E-state index contributed by atoms with van der Waals surface area (Å²) in [4.78, 5) is 14.1. The molecule has 0 aromatic heterocycles. The highest BCUT2D eigenvalue weighted by molar-refractivity contribution is 6.12. The first-order chi connectivity index (χ1) is 9.18. The second kappa shape index (κ2) is 5.88. The van der Waals surface area contributed by atoms with E-state index in [0.29, 0.717) is 5.56 Å². The van der Waals surface area contributed by atoms with Crippen molar-refractivity contribution in [3.63, 3.8) is 0 Å². The Labute approximate surface area is 113 Å². The molecule has 0 spiro atoms. The molecular weight excluding hydrogens is 234 g/mol. The molecule has 0 N–H and O–H groups in total. The van der Waals surface area contributed by atoms with Crippen LogP contribution < -0.4 is 4.90 Å². The zero-order chi connectivity index (χ0) is 13.7. The van der Waals surface area contributed by atoms with E-state index in [9.17, 15) is 4.79 Å². The minimum absolute atomic E-state index is 0.159. The lowest BCUT2D eigenvalue weighted by atomic mass is 10.1. The first kappa shape index (κ1) is 12.9. The van der Waals surface area contributed by atoms with E-state index in [1.807, 2.05) is 67.5 Å². The molecule has 0 radical (unpaired) electrons. The zero-order valence-electron chi connectivity index (χ0n) is 11.1. The van der Waals surface area contributed by atoms with Gasteiger partial charge in [0.15, 0.2) is 0 Å². The van der Waals surface area contributed by atoms with Crippen LogP contribution in [0.3, 0.4) is 0 Å². The number of benzene rings is 2. The summed E-state index contributed by atoms with van der Waals surface area (Å²) < 4.78 is 0. The molecule has 0 aliphatic rings. The molecule has 0 heterocycles. The van der Waals surface area contributed by atoms with Crippen LogP contribution in [0.25, 0.3) is 0 Å². The third kappa shape index (κ3) is 3.23. The molecule has 2 heteroatoms. The lowest BCUT2D eigenvalue weighted by molar-refractivity contribution is 0.105. The SMILES string of the molecule is CN(C)c1ccccc1C(=O)C#Cc1ccccc1. The van der Waals surface area contributed by atoms with Crippen LogP contribution >= 0.6 is 0 Å². The lowest BCUT2D eigenvalue weighted by Gasteiger charge is -2.14. The van der Waals surface area contributed by atoms with Gasteiger partial charge in [0.25, 0.3) is 0 Å². The standard InChI is InChI=1S/C17H15NO/c1-18(2)16-11-7-6-10-15(16)17(19)13-12-14-8-4-3-5-9-14/h3-11H,1-2H3. The van der Waals surface area contributed by atoms with Gasteiger partial charge in [-0.25, -0.2) is 0 Å². The highest BCUT2D eigenvalue weighted by Gasteiger charge is 2.09. The number of nitrogens with zero attached hydrogens (tertiary/aromatic N) is 1. The van der Waals surface area contributed by atoms with Crippen LogP contribution in [0.15, 0.2) is 54.6 Å². The molecule has 2 rings (SSSR count). The molecule has 2 aromatic carbocycles. The summed E-state index contributed by atoms with van der Waals surface area (Å²) in [5, 5.41) is 0.